The highest BCUT2D eigenvalue weighted by Crippen LogP contribution is 2.32. The molecule has 0 bridgehead atoms. The van der Waals surface area contributed by atoms with Crippen LogP contribution in [-0.2, 0) is 21.1 Å². The smallest absolute Gasteiger partial charge is 0.321 e. The van der Waals surface area contributed by atoms with Gasteiger partial charge in [-0.3, -0.25) is 9.59 Å². The molecule has 14 heteroatoms. The van der Waals surface area contributed by atoms with Crippen LogP contribution in [0.1, 0.15) is 36.2 Å². The Labute approximate surface area is 270 Å². The molecule has 3 heterocycles. The van der Waals surface area contributed by atoms with Crippen LogP contribution in [0.15, 0.2) is 66.9 Å². The van der Waals surface area contributed by atoms with Gasteiger partial charge in [0.25, 0.3) is 11.8 Å². The van der Waals surface area contributed by atoms with Gasteiger partial charge in [0.05, 0.1) is 34.9 Å². The van der Waals surface area contributed by atoms with Crippen molar-refractivity contribution in [3.8, 4) is 22.9 Å². The molecule has 2 aliphatic rings. The van der Waals surface area contributed by atoms with Crippen molar-refractivity contribution in [2.24, 2.45) is 0 Å². The van der Waals surface area contributed by atoms with Gasteiger partial charge >= 0.3 is 5.92 Å². The first-order valence-electron chi connectivity index (χ1n) is 15.2. The van der Waals surface area contributed by atoms with E-state index < -0.39 is 39.9 Å². The maximum Gasteiger partial charge on any atom is 0.321 e. The predicted octanol–water partition coefficient (Wildman–Crippen LogP) is 3.86. The van der Waals surface area contributed by atoms with E-state index in [-0.39, 0.29) is 23.8 Å². The van der Waals surface area contributed by atoms with Crippen molar-refractivity contribution in [3.63, 3.8) is 0 Å². The molecule has 1 aromatic heterocycles. The second-order valence-corrected chi connectivity index (χ2v) is 14.1. The third-order valence-electron chi connectivity index (χ3n) is 8.11. The summed E-state index contributed by atoms with van der Waals surface area (Å²) in [4.78, 5) is 25.0. The quantitative estimate of drug-likeness (QED) is 0.260. The monoisotopic (exact) mass is 668 g/mol. The number of halogens is 2. The number of nitrogens with zero attached hydrogens (tertiary/aromatic N) is 2. The maximum atomic E-state index is 13.7. The Bertz CT molecular complexity index is 1930. The van der Waals surface area contributed by atoms with Crippen LogP contribution in [0.5, 0.6) is 17.2 Å². The maximum absolute atomic E-state index is 13.7. The summed E-state index contributed by atoms with van der Waals surface area (Å²) >= 11 is 0. The molecular formula is C33H34F2N4O7S. The standard InChI is InChI=1S/C33H34F2N4O7S/c1-20(37-32(41)33(2,34)35)29(14-21-6-9-28-30(15-21)45-12-11-44-28)46-26-7-8-27-23(17-26)18-36-39(27)25-5-3-4-22(16-25)31(40)38-24-10-13-47(42,43)19-24/h3-9,15-18,20,24,29H,10-14,19H2,1-2H3,(H,37,41)(H,38,40)/t20-,24-,29?/m0/s1. The van der Waals surface area contributed by atoms with Crippen LogP contribution in [0.2, 0.25) is 0 Å². The second-order valence-electron chi connectivity index (χ2n) is 11.9. The van der Waals surface area contributed by atoms with Gasteiger partial charge in [0, 0.05) is 30.3 Å². The fourth-order valence-corrected chi connectivity index (χ4v) is 7.29. The third-order valence-corrected chi connectivity index (χ3v) is 9.87. The highest BCUT2D eigenvalue weighted by Gasteiger charge is 2.35. The fraction of sp³-hybridized carbons (Fsp3) is 0.364. The third kappa shape index (κ3) is 7.48. The predicted molar refractivity (Wildman–Crippen MR) is 169 cm³/mol. The van der Waals surface area contributed by atoms with E-state index in [1.165, 1.54) is 0 Å². The van der Waals surface area contributed by atoms with Gasteiger partial charge in [-0.2, -0.15) is 13.9 Å². The summed E-state index contributed by atoms with van der Waals surface area (Å²) in [6, 6.07) is 16.3. The van der Waals surface area contributed by atoms with Gasteiger partial charge in [0.2, 0.25) is 0 Å². The molecule has 0 saturated carbocycles. The van der Waals surface area contributed by atoms with Crippen LogP contribution in [0.25, 0.3) is 16.6 Å². The average Bonchev–Trinajstić information content (AvgIpc) is 3.61. The second kappa shape index (κ2) is 12.8. The lowest BCUT2D eigenvalue weighted by Gasteiger charge is -2.28. The summed E-state index contributed by atoms with van der Waals surface area (Å²) < 4.78 is 70.4. The van der Waals surface area contributed by atoms with Crippen molar-refractivity contribution in [2.75, 3.05) is 24.7 Å². The van der Waals surface area contributed by atoms with Crippen LogP contribution >= 0.6 is 0 Å². The van der Waals surface area contributed by atoms with Crippen molar-refractivity contribution >= 4 is 32.6 Å². The molecule has 4 aromatic rings. The van der Waals surface area contributed by atoms with Gasteiger partial charge in [-0.05, 0) is 67.4 Å². The number of hydrogen-bond acceptors (Lipinski definition) is 8. The van der Waals surface area contributed by atoms with Gasteiger partial charge in [-0.25, -0.2) is 13.1 Å². The molecular weight excluding hydrogens is 634 g/mol. The molecule has 3 atom stereocenters. The molecule has 0 radical (unpaired) electrons. The molecule has 47 heavy (non-hydrogen) atoms. The zero-order valence-electron chi connectivity index (χ0n) is 25.7. The van der Waals surface area contributed by atoms with Crippen LogP contribution in [0.3, 0.4) is 0 Å². The Morgan fingerprint density at radius 1 is 1.09 bits per heavy atom. The van der Waals surface area contributed by atoms with E-state index in [9.17, 15) is 26.8 Å². The van der Waals surface area contributed by atoms with Crippen LogP contribution in [0, 0.1) is 0 Å². The average molecular weight is 669 g/mol. The first-order chi connectivity index (χ1) is 22.3. The zero-order valence-corrected chi connectivity index (χ0v) is 26.6. The fourth-order valence-electron chi connectivity index (χ4n) is 5.62. The lowest BCUT2D eigenvalue weighted by Crippen LogP contribution is -2.49. The number of rotatable bonds is 10. The van der Waals surface area contributed by atoms with Crippen molar-refractivity contribution < 1.29 is 41.0 Å². The van der Waals surface area contributed by atoms with E-state index in [1.54, 1.807) is 66.3 Å². The number of amides is 2. The van der Waals surface area contributed by atoms with E-state index in [1.807, 2.05) is 12.1 Å². The highest BCUT2D eigenvalue weighted by atomic mass is 32.2. The van der Waals surface area contributed by atoms with Crippen molar-refractivity contribution in [1.29, 1.82) is 0 Å². The van der Waals surface area contributed by atoms with Crippen LogP contribution in [-0.4, -0.2) is 78.8 Å². The highest BCUT2D eigenvalue weighted by molar-refractivity contribution is 7.91. The lowest BCUT2D eigenvalue weighted by molar-refractivity contribution is -0.144. The number of carbonyl (C=O) groups is 2. The van der Waals surface area contributed by atoms with Crippen molar-refractivity contribution in [3.05, 3.63) is 78.0 Å². The Kier molecular flexibility index (Phi) is 8.79. The number of alkyl halides is 2. The number of ether oxygens (including phenoxy) is 3. The lowest BCUT2D eigenvalue weighted by atomic mass is 10.0. The number of benzene rings is 3. The molecule has 0 aliphatic carbocycles. The molecule has 1 unspecified atom stereocenters. The van der Waals surface area contributed by atoms with Crippen molar-refractivity contribution in [1.82, 2.24) is 20.4 Å². The van der Waals surface area contributed by atoms with Gasteiger partial charge < -0.3 is 24.8 Å². The Hall–Kier alpha value is -4.72. The van der Waals surface area contributed by atoms with Crippen LogP contribution in [0.4, 0.5) is 8.78 Å². The number of hydrogen-bond donors (Lipinski definition) is 2. The number of aromatic nitrogens is 2. The van der Waals surface area contributed by atoms with E-state index in [2.05, 4.69) is 15.7 Å². The number of carbonyl (C=O) groups excluding carboxylic acids is 2. The first-order valence-corrected chi connectivity index (χ1v) is 17.0. The van der Waals surface area contributed by atoms with E-state index in [4.69, 9.17) is 14.2 Å². The summed E-state index contributed by atoms with van der Waals surface area (Å²) in [6.45, 7) is 3.01. The molecule has 1 fully saturated rings. The molecule has 3 aromatic carbocycles. The minimum absolute atomic E-state index is 0.0599. The molecule has 1 saturated heterocycles. The minimum atomic E-state index is -3.56. The summed E-state index contributed by atoms with van der Waals surface area (Å²) in [5.41, 5.74) is 2.50. The largest absolute Gasteiger partial charge is 0.488 e. The van der Waals surface area contributed by atoms with E-state index in [0.717, 1.165) is 5.56 Å². The molecule has 2 N–H and O–H groups in total. The minimum Gasteiger partial charge on any atom is -0.488 e. The molecule has 2 amide bonds. The number of sulfone groups is 1. The van der Waals surface area contributed by atoms with Crippen molar-refractivity contribution in [2.45, 2.75) is 50.8 Å². The van der Waals surface area contributed by atoms with Crippen LogP contribution < -0.4 is 24.8 Å². The molecule has 2 aliphatic heterocycles. The molecule has 11 nitrogen and oxygen atoms in total. The summed E-state index contributed by atoms with van der Waals surface area (Å²) in [6.07, 6.45) is 1.56. The summed E-state index contributed by atoms with van der Waals surface area (Å²) in [5.74, 6) is -3.71. The first kappa shape index (κ1) is 32.2. The van der Waals surface area contributed by atoms with E-state index >= 15 is 0 Å². The number of nitrogens with one attached hydrogen (secondary N) is 2. The number of fused-ring (bicyclic) bond motifs is 2. The Morgan fingerprint density at radius 3 is 2.62 bits per heavy atom. The molecule has 0 spiro atoms. The molecule has 248 valence electrons. The normalized spacial score (nSPS) is 18.3. The Balaban J connectivity index is 1.22. The van der Waals surface area contributed by atoms with Gasteiger partial charge in [-0.1, -0.05) is 12.1 Å². The summed E-state index contributed by atoms with van der Waals surface area (Å²) in [7, 11) is -3.14. The Morgan fingerprint density at radius 2 is 1.87 bits per heavy atom. The van der Waals surface area contributed by atoms with Gasteiger partial charge in [0.1, 0.15) is 25.1 Å². The van der Waals surface area contributed by atoms with Gasteiger partial charge in [0.15, 0.2) is 21.3 Å². The molecule has 6 rings (SSSR count). The van der Waals surface area contributed by atoms with E-state index in [0.29, 0.717) is 66.0 Å². The van der Waals surface area contributed by atoms with Gasteiger partial charge in [-0.15, -0.1) is 0 Å². The summed E-state index contributed by atoms with van der Waals surface area (Å²) in [5, 5.41) is 10.4. The topological polar surface area (TPSA) is 138 Å². The zero-order chi connectivity index (χ0) is 33.3. The SMILES string of the molecule is C[C@H](NC(=O)C(C)(F)F)C(Cc1ccc2c(c1)OCCO2)Oc1ccc2c(cnn2-c2cccc(C(=O)N[C@H]3CCS(=O)(=O)C3)c2)c1.